The van der Waals surface area contributed by atoms with E-state index in [9.17, 15) is 4.79 Å². The van der Waals surface area contributed by atoms with Crippen LogP contribution >= 0.6 is 15.9 Å². The molecule has 1 aromatic heterocycles. The number of aromatic nitrogens is 2. The summed E-state index contributed by atoms with van der Waals surface area (Å²) in [4.78, 5) is 18.4. The standard InChI is InChI=1S/C12H9BrN2O3/c1-18-10-3-2-7(6-8(10)13)9-4-5-14-11(15-9)12(16)17/h2-6H,1H3,(H,16,17). The minimum atomic E-state index is -1.15. The van der Waals surface area contributed by atoms with E-state index in [0.29, 0.717) is 11.4 Å². The Morgan fingerprint density at radius 1 is 1.39 bits per heavy atom. The van der Waals surface area contributed by atoms with E-state index in [2.05, 4.69) is 25.9 Å². The molecule has 0 bridgehead atoms. The van der Waals surface area contributed by atoms with Crippen LogP contribution in [0.5, 0.6) is 5.75 Å². The first kappa shape index (κ1) is 12.5. The number of hydrogen-bond acceptors (Lipinski definition) is 4. The quantitative estimate of drug-likeness (QED) is 0.943. The van der Waals surface area contributed by atoms with Crippen molar-refractivity contribution in [2.24, 2.45) is 0 Å². The van der Waals surface area contributed by atoms with Gasteiger partial charge in [-0.15, -0.1) is 0 Å². The molecule has 0 fully saturated rings. The van der Waals surface area contributed by atoms with E-state index in [1.165, 1.54) is 6.20 Å². The van der Waals surface area contributed by atoms with Gasteiger partial charge in [-0.2, -0.15) is 0 Å². The molecule has 0 amide bonds. The van der Waals surface area contributed by atoms with Gasteiger partial charge < -0.3 is 9.84 Å². The fourth-order valence-electron chi connectivity index (χ4n) is 1.45. The Hall–Kier alpha value is -1.95. The van der Waals surface area contributed by atoms with Gasteiger partial charge in [0, 0.05) is 11.8 Å². The molecule has 92 valence electrons. The van der Waals surface area contributed by atoms with Gasteiger partial charge in [0.15, 0.2) is 0 Å². The summed E-state index contributed by atoms with van der Waals surface area (Å²) in [5.41, 5.74) is 1.33. The second kappa shape index (κ2) is 5.14. The van der Waals surface area contributed by atoms with E-state index < -0.39 is 5.97 Å². The van der Waals surface area contributed by atoms with Crippen LogP contribution in [0.15, 0.2) is 34.9 Å². The molecule has 0 unspecified atom stereocenters. The third-order valence-electron chi connectivity index (χ3n) is 2.29. The Bertz CT molecular complexity index is 602. The number of nitrogens with zero attached hydrogens (tertiary/aromatic N) is 2. The van der Waals surface area contributed by atoms with Crippen LogP contribution in [-0.2, 0) is 0 Å². The third-order valence-corrected chi connectivity index (χ3v) is 2.91. The summed E-state index contributed by atoms with van der Waals surface area (Å²) in [6.07, 6.45) is 1.42. The van der Waals surface area contributed by atoms with Crippen LogP contribution in [0.3, 0.4) is 0 Å². The fourth-order valence-corrected chi connectivity index (χ4v) is 1.99. The zero-order chi connectivity index (χ0) is 13.1. The first-order chi connectivity index (χ1) is 8.61. The van der Waals surface area contributed by atoms with E-state index in [1.807, 2.05) is 6.07 Å². The predicted molar refractivity (Wildman–Crippen MR) is 68.7 cm³/mol. The SMILES string of the molecule is COc1ccc(-c2ccnc(C(=O)O)n2)cc1Br. The summed E-state index contributed by atoms with van der Waals surface area (Å²) in [7, 11) is 1.58. The lowest BCUT2D eigenvalue weighted by Gasteiger charge is -2.06. The van der Waals surface area contributed by atoms with Crippen LogP contribution < -0.4 is 4.74 Å². The van der Waals surface area contributed by atoms with E-state index >= 15 is 0 Å². The molecule has 2 aromatic rings. The summed E-state index contributed by atoms with van der Waals surface area (Å²) in [5.74, 6) is -0.671. The van der Waals surface area contributed by atoms with Gasteiger partial charge in [-0.05, 0) is 40.2 Å². The molecule has 1 aromatic carbocycles. The summed E-state index contributed by atoms with van der Waals surface area (Å²) in [6, 6.07) is 7.05. The summed E-state index contributed by atoms with van der Waals surface area (Å²) >= 11 is 3.37. The Morgan fingerprint density at radius 3 is 2.78 bits per heavy atom. The topological polar surface area (TPSA) is 72.3 Å². The summed E-state index contributed by atoms with van der Waals surface area (Å²) in [6.45, 7) is 0. The lowest BCUT2D eigenvalue weighted by Crippen LogP contribution is -2.04. The molecular weight excluding hydrogens is 300 g/mol. The number of carbonyl (C=O) groups is 1. The molecule has 0 spiro atoms. The molecule has 0 aliphatic rings. The van der Waals surface area contributed by atoms with Crippen LogP contribution in [0.2, 0.25) is 0 Å². The number of rotatable bonds is 3. The highest BCUT2D eigenvalue weighted by atomic mass is 79.9. The molecule has 0 radical (unpaired) electrons. The molecule has 18 heavy (non-hydrogen) atoms. The number of hydrogen-bond donors (Lipinski definition) is 1. The average Bonchev–Trinajstić information content (AvgIpc) is 2.38. The van der Waals surface area contributed by atoms with E-state index in [1.54, 1.807) is 25.3 Å². The van der Waals surface area contributed by atoms with Gasteiger partial charge in [-0.3, -0.25) is 0 Å². The first-order valence-electron chi connectivity index (χ1n) is 5.02. The Balaban J connectivity index is 2.45. The van der Waals surface area contributed by atoms with Crippen LogP contribution in [0, 0.1) is 0 Å². The molecule has 0 saturated carbocycles. The predicted octanol–water partition coefficient (Wildman–Crippen LogP) is 2.61. The zero-order valence-electron chi connectivity index (χ0n) is 9.42. The van der Waals surface area contributed by atoms with E-state index in [0.717, 1.165) is 10.0 Å². The van der Waals surface area contributed by atoms with Crippen molar-refractivity contribution < 1.29 is 14.6 Å². The van der Waals surface area contributed by atoms with Crippen LogP contribution in [0.4, 0.5) is 0 Å². The minimum Gasteiger partial charge on any atom is -0.496 e. The van der Waals surface area contributed by atoms with Crippen molar-refractivity contribution in [1.82, 2.24) is 9.97 Å². The van der Waals surface area contributed by atoms with Gasteiger partial charge in [-0.1, -0.05) is 0 Å². The molecule has 5 nitrogen and oxygen atoms in total. The van der Waals surface area contributed by atoms with Crippen LogP contribution in [-0.4, -0.2) is 28.2 Å². The number of carboxylic acids is 1. The lowest BCUT2D eigenvalue weighted by molar-refractivity contribution is 0.0683. The van der Waals surface area contributed by atoms with Crippen LogP contribution in [0.1, 0.15) is 10.6 Å². The highest BCUT2D eigenvalue weighted by Crippen LogP contribution is 2.29. The van der Waals surface area contributed by atoms with Crippen molar-refractivity contribution in [1.29, 1.82) is 0 Å². The molecule has 0 saturated heterocycles. The third kappa shape index (κ3) is 2.48. The number of methoxy groups -OCH3 is 1. The van der Waals surface area contributed by atoms with Crippen LogP contribution in [0.25, 0.3) is 11.3 Å². The van der Waals surface area contributed by atoms with Crippen molar-refractivity contribution >= 4 is 21.9 Å². The first-order valence-corrected chi connectivity index (χ1v) is 5.81. The summed E-state index contributed by atoms with van der Waals surface area (Å²) < 4.78 is 5.90. The van der Waals surface area contributed by atoms with Gasteiger partial charge in [0.2, 0.25) is 5.82 Å². The highest BCUT2D eigenvalue weighted by Gasteiger charge is 2.09. The molecular formula is C12H9BrN2O3. The van der Waals surface area contributed by atoms with Crippen molar-refractivity contribution in [2.45, 2.75) is 0 Å². The van der Waals surface area contributed by atoms with Gasteiger partial charge in [0.05, 0.1) is 17.3 Å². The van der Waals surface area contributed by atoms with Gasteiger partial charge in [-0.25, -0.2) is 14.8 Å². The molecule has 2 rings (SSSR count). The second-order valence-electron chi connectivity index (χ2n) is 3.42. The Morgan fingerprint density at radius 2 is 2.17 bits per heavy atom. The maximum absolute atomic E-state index is 10.8. The summed E-state index contributed by atoms with van der Waals surface area (Å²) in [5, 5.41) is 8.84. The number of halogens is 1. The van der Waals surface area contributed by atoms with Crippen molar-refractivity contribution in [2.75, 3.05) is 7.11 Å². The zero-order valence-corrected chi connectivity index (χ0v) is 11.0. The van der Waals surface area contributed by atoms with Crippen molar-refractivity contribution in [3.63, 3.8) is 0 Å². The highest BCUT2D eigenvalue weighted by molar-refractivity contribution is 9.10. The largest absolute Gasteiger partial charge is 0.496 e. The fraction of sp³-hybridized carbons (Fsp3) is 0.0833. The normalized spacial score (nSPS) is 10.1. The molecule has 0 atom stereocenters. The van der Waals surface area contributed by atoms with Crippen molar-refractivity contribution in [3.05, 3.63) is 40.8 Å². The number of benzene rings is 1. The molecule has 1 heterocycles. The molecule has 6 heteroatoms. The van der Waals surface area contributed by atoms with Gasteiger partial charge in [0.25, 0.3) is 0 Å². The maximum atomic E-state index is 10.8. The number of carboxylic acid groups (broad SMARTS) is 1. The minimum absolute atomic E-state index is 0.223. The smallest absolute Gasteiger partial charge is 0.373 e. The Kier molecular flexibility index (Phi) is 3.57. The Labute approximate surface area is 112 Å². The van der Waals surface area contributed by atoms with Crippen molar-refractivity contribution in [3.8, 4) is 17.0 Å². The van der Waals surface area contributed by atoms with Gasteiger partial charge in [0.1, 0.15) is 5.75 Å². The average molecular weight is 309 g/mol. The van der Waals surface area contributed by atoms with E-state index in [-0.39, 0.29) is 5.82 Å². The molecule has 0 aliphatic heterocycles. The molecule has 0 aliphatic carbocycles. The van der Waals surface area contributed by atoms with E-state index in [4.69, 9.17) is 9.84 Å². The second-order valence-corrected chi connectivity index (χ2v) is 4.27. The van der Waals surface area contributed by atoms with Gasteiger partial charge >= 0.3 is 5.97 Å². The number of aromatic carboxylic acids is 1. The maximum Gasteiger partial charge on any atom is 0.373 e. The monoisotopic (exact) mass is 308 g/mol. The lowest BCUT2D eigenvalue weighted by atomic mass is 10.1. The number of ether oxygens (including phenoxy) is 1. The molecule has 1 N–H and O–H groups in total.